The lowest BCUT2D eigenvalue weighted by molar-refractivity contribution is -0.118. The number of hydrogen-bond donors (Lipinski definition) is 0. The Labute approximate surface area is 87.4 Å². The summed E-state index contributed by atoms with van der Waals surface area (Å²) in [6.45, 7) is 7.61. The minimum atomic E-state index is 0.197. The first-order chi connectivity index (χ1) is 6.62. The SMILES string of the molecule is C/C=C/C(=O)CC.CCCC(=O)CC. The molecule has 2 heteroatoms. The topological polar surface area (TPSA) is 34.1 Å². The van der Waals surface area contributed by atoms with Crippen LogP contribution < -0.4 is 0 Å². The molecule has 0 aromatic heterocycles. The van der Waals surface area contributed by atoms with Gasteiger partial charge in [0, 0.05) is 19.3 Å². The average Bonchev–Trinajstić information content (AvgIpc) is 2.19. The Morgan fingerprint density at radius 2 is 1.64 bits per heavy atom. The fourth-order valence-corrected chi connectivity index (χ4v) is 0.759. The fraction of sp³-hybridized carbons (Fsp3) is 0.667. The minimum Gasteiger partial charge on any atom is -0.300 e. The van der Waals surface area contributed by atoms with Crippen LogP contribution in [0, 0.1) is 0 Å². The van der Waals surface area contributed by atoms with Crippen molar-refractivity contribution in [2.45, 2.75) is 53.4 Å². The van der Waals surface area contributed by atoms with Gasteiger partial charge >= 0.3 is 0 Å². The predicted octanol–water partition coefficient (Wildman–Crippen LogP) is 3.31. The molecule has 0 heterocycles. The highest BCUT2D eigenvalue weighted by Gasteiger charge is 1.91. The monoisotopic (exact) mass is 198 g/mol. The predicted molar refractivity (Wildman–Crippen MR) is 60.3 cm³/mol. The molecule has 0 aliphatic carbocycles. The molecule has 0 atom stereocenters. The molecule has 0 unspecified atom stereocenters. The molecule has 2 nitrogen and oxygen atoms in total. The van der Waals surface area contributed by atoms with E-state index in [1.54, 1.807) is 12.2 Å². The van der Waals surface area contributed by atoms with E-state index >= 15 is 0 Å². The molecule has 0 bridgehead atoms. The van der Waals surface area contributed by atoms with E-state index < -0.39 is 0 Å². The summed E-state index contributed by atoms with van der Waals surface area (Å²) in [6.07, 6.45) is 6.41. The minimum absolute atomic E-state index is 0.197. The molecule has 0 aromatic rings. The molecule has 0 aromatic carbocycles. The summed E-state index contributed by atoms with van der Waals surface area (Å²) in [6, 6.07) is 0. The van der Waals surface area contributed by atoms with Crippen LogP contribution in [-0.2, 0) is 9.59 Å². The van der Waals surface area contributed by atoms with Gasteiger partial charge in [-0.05, 0) is 19.4 Å². The molecule has 0 radical (unpaired) electrons. The van der Waals surface area contributed by atoms with Gasteiger partial charge in [0.15, 0.2) is 5.78 Å². The molecule has 0 N–H and O–H groups in total. The third-order valence-electron chi connectivity index (χ3n) is 1.62. The van der Waals surface area contributed by atoms with Crippen LogP contribution in [0.3, 0.4) is 0 Å². The van der Waals surface area contributed by atoms with E-state index in [2.05, 4.69) is 0 Å². The quantitative estimate of drug-likeness (QED) is 0.635. The number of carbonyl (C=O) groups is 2. The maximum atomic E-state index is 10.4. The van der Waals surface area contributed by atoms with Crippen LogP contribution in [0.4, 0.5) is 0 Å². The van der Waals surface area contributed by atoms with Crippen molar-refractivity contribution < 1.29 is 9.59 Å². The van der Waals surface area contributed by atoms with Crippen LogP contribution in [0.1, 0.15) is 53.4 Å². The summed E-state index contributed by atoms with van der Waals surface area (Å²) >= 11 is 0. The molecule has 0 fully saturated rings. The van der Waals surface area contributed by atoms with Crippen LogP contribution in [-0.4, -0.2) is 11.6 Å². The number of ketones is 2. The molecule has 0 spiro atoms. The Balaban J connectivity index is 0. The summed E-state index contributed by atoms with van der Waals surface area (Å²) in [7, 11) is 0. The second-order valence-electron chi connectivity index (χ2n) is 2.96. The van der Waals surface area contributed by atoms with Crippen molar-refractivity contribution in [1.82, 2.24) is 0 Å². The zero-order valence-electron chi connectivity index (χ0n) is 9.80. The fourth-order valence-electron chi connectivity index (χ4n) is 0.759. The van der Waals surface area contributed by atoms with Crippen molar-refractivity contribution in [3.05, 3.63) is 12.2 Å². The Morgan fingerprint density at radius 1 is 1.07 bits per heavy atom. The van der Waals surface area contributed by atoms with Gasteiger partial charge in [-0.2, -0.15) is 0 Å². The second kappa shape index (κ2) is 12.1. The lowest BCUT2D eigenvalue weighted by atomic mass is 10.2. The zero-order chi connectivity index (χ0) is 11.4. The van der Waals surface area contributed by atoms with E-state index in [0.717, 1.165) is 12.8 Å². The molecule has 0 saturated carbocycles. The highest BCUT2D eigenvalue weighted by atomic mass is 16.1. The summed E-state index contributed by atoms with van der Waals surface area (Å²) in [5, 5.41) is 0. The number of carbonyl (C=O) groups excluding carboxylic acids is 2. The average molecular weight is 198 g/mol. The van der Waals surface area contributed by atoms with Gasteiger partial charge in [-0.15, -0.1) is 0 Å². The number of hydrogen-bond acceptors (Lipinski definition) is 2. The van der Waals surface area contributed by atoms with Crippen molar-refractivity contribution in [3.8, 4) is 0 Å². The van der Waals surface area contributed by atoms with Gasteiger partial charge in [0.1, 0.15) is 5.78 Å². The molecule has 82 valence electrons. The van der Waals surface area contributed by atoms with Crippen molar-refractivity contribution in [2.24, 2.45) is 0 Å². The molecule has 0 rings (SSSR count). The standard InChI is InChI=1S/C6H12O.C6H10O/c2*1-3-5-6(7)4-2/h3-5H2,1-2H3;3,5H,4H2,1-2H3/b;5-3+. The highest BCUT2D eigenvalue weighted by Crippen LogP contribution is 1.90. The Bertz CT molecular complexity index is 181. The first kappa shape index (κ1) is 15.5. The van der Waals surface area contributed by atoms with E-state index in [4.69, 9.17) is 0 Å². The van der Waals surface area contributed by atoms with Crippen molar-refractivity contribution in [3.63, 3.8) is 0 Å². The molecule has 0 amide bonds. The van der Waals surface area contributed by atoms with Crippen LogP contribution in [0.25, 0.3) is 0 Å². The normalized spacial score (nSPS) is 9.43. The van der Waals surface area contributed by atoms with Crippen molar-refractivity contribution >= 4 is 11.6 Å². The maximum absolute atomic E-state index is 10.4. The Hall–Kier alpha value is -0.920. The first-order valence-corrected chi connectivity index (χ1v) is 5.29. The summed E-state index contributed by atoms with van der Waals surface area (Å²) in [5.41, 5.74) is 0. The van der Waals surface area contributed by atoms with E-state index in [1.807, 2.05) is 27.7 Å². The molecular formula is C12H22O2. The van der Waals surface area contributed by atoms with Crippen LogP contribution in [0.2, 0.25) is 0 Å². The van der Waals surface area contributed by atoms with E-state index in [-0.39, 0.29) is 5.78 Å². The Kier molecular flexibility index (Phi) is 13.4. The van der Waals surface area contributed by atoms with E-state index in [0.29, 0.717) is 18.6 Å². The lowest BCUT2D eigenvalue weighted by Gasteiger charge is -1.87. The number of rotatable bonds is 5. The van der Waals surface area contributed by atoms with Crippen molar-refractivity contribution in [2.75, 3.05) is 0 Å². The largest absolute Gasteiger partial charge is 0.300 e. The molecule has 0 aliphatic rings. The van der Waals surface area contributed by atoms with Gasteiger partial charge in [-0.1, -0.05) is 26.8 Å². The summed E-state index contributed by atoms with van der Waals surface area (Å²) in [5.74, 6) is 0.574. The molecule has 14 heavy (non-hydrogen) atoms. The van der Waals surface area contributed by atoms with Crippen LogP contribution >= 0.6 is 0 Å². The smallest absolute Gasteiger partial charge is 0.155 e. The van der Waals surface area contributed by atoms with Gasteiger partial charge in [0.25, 0.3) is 0 Å². The number of Topliss-reactive ketones (excluding diaryl/α,β-unsaturated/α-hetero) is 1. The Morgan fingerprint density at radius 3 is 1.79 bits per heavy atom. The van der Waals surface area contributed by atoms with E-state index in [1.165, 1.54) is 0 Å². The second-order valence-corrected chi connectivity index (χ2v) is 2.96. The van der Waals surface area contributed by atoms with Crippen molar-refractivity contribution in [1.29, 1.82) is 0 Å². The van der Waals surface area contributed by atoms with Gasteiger partial charge in [-0.3, -0.25) is 9.59 Å². The van der Waals surface area contributed by atoms with Gasteiger partial charge < -0.3 is 0 Å². The zero-order valence-corrected chi connectivity index (χ0v) is 9.80. The molecule has 0 aliphatic heterocycles. The third kappa shape index (κ3) is 13.7. The summed E-state index contributed by atoms with van der Waals surface area (Å²) in [4.78, 5) is 20.7. The van der Waals surface area contributed by atoms with Crippen LogP contribution in [0.15, 0.2) is 12.2 Å². The third-order valence-corrected chi connectivity index (χ3v) is 1.62. The molecule has 0 saturated heterocycles. The highest BCUT2D eigenvalue weighted by molar-refractivity contribution is 5.89. The molecular weight excluding hydrogens is 176 g/mol. The van der Waals surface area contributed by atoms with Crippen LogP contribution in [0.5, 0.6) is 0 Å². The van der Waals surface area contributed by atoms with E-state index in [9.17, 15) is 9.59 Å². The number of allylic oxidation sites excluding steroid dienone is 2. The first-order valence-electron chi connectivity index (χ1n) is 5.29. The lowest BCUT2D eigenvalue weighted by Crippen LogP contribution is -1.91. The van der Waals surface area contributed by atoms with Gasteiger partial charge in [-0.25, -0.2) is 0 Å². The van der Waals surface area contributed by atoms with Gasteiger partial charge in [0.05, 0.1) is 0 Å². The summed E-state index contributed by atoms with van der Waals surface area (Å²) < 4.78 is 0. The maximum Gasteiger partial charge on any atom is 0.155 e. The van der Waals surface area contributed by atoms with Gasteiger partial charge in [0.2, 0.25) is 0 Å².